The van der Waals surface area contributed by atoms with Gasteiger partial charge in [-0.25, -0.2) is 4.79 Å². The number of carbonyl (C=O) groups is 2. The van der Waals surface area contributed by atoms with E-state index in [4.69, 9.17) is 0 Å². The summed E-state index contributed by atoms with van der Waals surface area (Å²) in [7, 11) is 1.36. The highest BCUT2D eigenvalue weighted by Gasteiger charge is 2.26. The van der Waals surface area contributed by atoms with E-state index in [2.05, 4.69) is 36.6 Å². The van der Waals surface area contributed by atoms with Crippen molar-refractivity contribution in [2.24, 2.45) is 0 Å². The Bertz CT molecular complexity index is 498. The van der Waals surface area contributed by atoms with Crippen molar-refractivity contribution in [1.82, 2.24) is 9.80 Å². The lowest BCUT2D eigenvalue weighted by Crippen LogP contribution is -2.50. The summed E-state index contributed by atoms with van der Waals surface area (Å²) in [6.45, 7) is 2.05. The number of carbonyl (C=O) groups excluding carboxylic acids is 2. The summed E-state index contributed by atoms with van der Waals surface area (Å²) < 4.78 is 6.40. The maximum absolute atomic E-state index is 12.3. The van der Waals surface area contributed by atoms with Crippen LogP contribution in [0.1, 0.15) is 10.4 Å². The number of amides is 2. The Labute approximate surface area is 131 Å². The van der Waals surface area contributed by atoms with E-state index in [0.29, 0.717) is 31.7 Å². The van der Waals surface area contributed by atoms with Gasteiger partial charge in [0.2, 0.25) is 0 Å². The van der Waals surface area contributed by atoms with Crippen molar-refractivity contribution in [3.63, 3.8) is 0 Å². The highest BCUT2D eigenvalue weighted by atomic mass is 79.9. The lowest BCUT2D eigenvalue weighted by atomic mass is 10.2. The average molecular weight is 412 g/mol. The number of methoxy groups -OCH3 is 1. The Balaban J connectivity index is 2.00. The molecule has 0 bridgehead atoms. The number of piperazine rings is 1. The van der Waals surface area contributed by atoms with Crippen LogP contribution in [0.2, 0.25) is 0 Å². The Morgan fingerprint density at radius 1 is 1.21 bits per heavy atom. The molecule has 1 fully saturated rings. The van der Waals surface area contributed by atoms with Crippen molar-refractivity contribution >= 4 is 55.2 Å². The molecule has 1 aliphatic heterocycles. The molecule has 19 heavy (non-hydrogen) atoms. The van der Waals surface area contributed by atoms with Crippen molar-refractivity contribution in [2.45, 2.75) is 0 Å². The second-order valence-electron chi connectivity index (χ2n) is 3.99. The zero-order chi connectivity index (χ0) is 14.0. The Hall–Kier alpha value is -0.600. The number of ether oxygens (including phenoxy) is 1. The van der Waals surface area contributed by atoms with Crippen molar-refractivity contribution in [2.75, 3.05) is 33.3 Å². The van der Waals surface area contributed by atoms with Gasteiger partial charge in [0.15, 0.2) is 0 Å². The molecule has 0 N–H and O–H groups in total. The Morgan fingerprint density at radius 3 is 2.26 bits per heavy atom. The summed E-state index contributed by atoms with van der Waals surface area (Å²) >= 11 is 8.22. The molecule has 0 spiro atoms. The molecule has 0 saturated carbocycles. The van der Waals surface area contributed by atoms with E-state index in [-0.39, 0.29) is 12.0 Å². The highest BCUT2D eigenvalue weighted by Crippen LogP contribution is 2.32. The van der Waals surface area contributed by atoms with Crippen molar-refractivity contribution < 1.29 is 14.3 Å². The lowest BCUT2D eigenvalue weighted by Gasteiger charge is -2.33. The molecular weight excluding hydrogens is 400 g/mol. The fourth-order valence-electron chi connectivity index (χ4n) is 1.88. The van der Waals surface area contributed by atoms with E-state index in [0.717, 1.165) is 7.57 Å². The zero-order valence-corrected chi connectivity index (χ0v) is 14.2. The van der Waals surface area contributed by atoms with Gasteiger partial charge in [0, 0.05) is 26.2 Å². The smallest absolute Gasteiger partial charge is 0.409 e. The Kier molecular flexibility index (Phi) is 4.86. The van der Waals surface area contributed by atoms with Crippen LogP contribution in [0, 0.1) is 0 Å². The van der Waals surface area contributed by atoms with E-state index in [1.165, 1.54) is 18.4 Å². The molecule has 1 saturated heterocycles. The molecule has 1 aromatic rings. The number of nitrogens with zero attached hydrogens (tertiary/aromatic N) is 2. The number of thiophene rings is 1. The van der Waals surface area contributed by atoms with Crippen LogP contribution in [-0.2, 0) is 4.74 Å². The number of hydrogen-bond acceptors (Lipinski definition) is 4. The van der Waals surface area contributed by atoms with E-state index >= 15 is 0 Å². The number of rotatable bonds is 1. The number of hydrogen-bond donors (Lipinski definition) is 0. The minimum Gasteiger partial charge on any atom is -0.453 e. The van der Waals surface area contributed by atoms with Crippen LogP contribution in [0.15, 0.2) is 13.6 Å². The predicted octanol–water partition coefficient (Wildman–Crippen LogP) is 2.80. The van der Waals surface area contributed by atoms with Gasteiger partial charge in [-0.05, 0) is 37.9 Å². The van der Waals surface area contributed by atoms with Crippen LogP contribution in [0.3, 0.4) is 0 Å². The Morgan fingerprint density at radius 2 is 1.79 bits per heavy atom. The van der Waals surface area contributed by atoms with E-state index < -0.39 is 0 Å². The maximum Gasteiger partial charge on any atom is 0.409 e. The zero-order valence-electron chi connectivity index (χ0n) is 10.2. The first-order valence-electron chi connectivity index (χ1n) is 5.60. The van der Waals surface area contributed by atoms with Gasteiger partial charge in [0.25, 0.3) is 5.91 Å². The average Bonchev–Trinajstić information content (AvgIpc) is 2.76. The lowest BCUT2D eigenvalue weighted by molar-refractivity contribution is 0.0599. The topological polar surface area (TPSA) is 49.9 Å². The van der Waals surface area contributed by atoms with Gasteiger partial charge >= 0.3 is 6.09 Å². The van der Waals surface area contributed by atoms with Crippen LogP contribution >= 0.6 is 43.2 Å². The molecule has 1 aliphatic rings. The van der Waals surface area contributed by atoms with Gasteiger partial charge < -0.3 is 14.5 Å². The van der Waals surface area contributed by atoms with Crippen molar-refractivity contribution in [3.8, 4) is 0 Å². The van der Waals surface area contributed by atoms with Crippen LogP contribution in [0.25, 0.3) is 0 Å². The fraction of sp³-hybridized carbons (Fsp3) is 0.455. The standard InChI is InChI=1S/C11H12Br2N2O3S/c1-18-11(17)15-4-2-14(3-5-15)10(16)7-6-8(12)19-9(7)13/h6H,2-5H2,1H3. The van der Waals surface area contributed by atoms with Gasteiger partial charge in [0.05, 0.1) is 20.2 Å². The minimum atomic E-state index is -0.341. The normalized spacial score (nSPS) is 15.5. The summed E-state index contributed by atoms with van der Waals surface area (Å²) in [5.74, 6) is -0.0154. The minimum absolute atomic E-state index is 0.0154. The highest BCUT2D eigenvalue weighted by molar-refractivity contribution is 9.12. The van der Waals surface area contributed by atoms with Crippen molar-refractivity contribution in [1.29, 1.82) is 0 Å². The molecule has 104 valence electrons. The van der Waals surface area contributed by atoms with Gasteiger partial charge in [-0.3, -0.25) is 4.79 Å². The molecule has 1 aromatic heterocycles. The summed E-state index contributed by atoms with van der Waals surface area (Å²) in [5.41, 5.74) is 0.656. The first-order valence-corrected chi connectivity index (χ1v) is 8.00. The van der Waals surface area contributed by atoms with E-state index in [1.807, 2.05) is 6.07 Å². The third-order valence-corrected chi connectivity index (χ3v) is 5.23. The van der Waals surface area contributed by atoms with Crippen LogP contribution in [-0.4, -0.2) is 55.1 Å². The summed E-state index contributed by atoms with van der Waals surface area (Å²) in [5, 5.41) is 0. The quantitative estimate of drug-likeness (QED) is 0.713. The molecule has 0 aromatic carbocycles. The third kappa shape index (κ3) is 3.29. The molecule has 0 atom stereocenters. The molecule has 2 rings (SSSR count). The predicted molar refractivity (Wildman–Crippen MR) is 79.6 cm³/mol. The summed E-state index contributed by atoms with van der Waals surface area (Å²) in [6, 6.07) is 1.81. The summed E-state index contributed by atoms with van der Waals surface area (Å²) in [6.07, 6.45) is -0.341. The second kappa shape index (κ2) is 6.23. The number of halogens is 2. The molecule has 0 radical (unpaired) electrons. The second-order valence-corrected chi connectivity index (χ2v) is 7.74. The summed E-state index contributed by atoms with van der Waals surface area (Å²) in [4.78, 5) is 27.0. The van der Waals surface area contributed by atoms with Gasteiger partial charge in [-0.15, -0.1) is 11.3 Å². The van der Waals surface area contributed by atoms with Gasteiger partial charge in [-0.2, -0.15) is 0 Å². The monoisotopic (exact) mass is 410 g/mol. The van der Waals surface area contributed by atoms with Crippen LogP contribution in [0.4, 0.5) is 4.79 Å². The van der Waals surface area contributed by atoms with E-state index in [1.54, 1.807) is 9.80 Å². The fourth-order valence-corrected chi connectivity index (χ4v) is 4.66. The molecule has 2 heterocycles. The molecule has 5 nitrogen and oxygen atoms in total. The maximum atomic E-state index is 12.3. The third-order valence-electron chi connectivity index (χ3n) is 2.89. The molecule has 0 aliphatic carbocycles. The van der Waals surface area contributed by atoms with Crippen molar-refractivity contribution in [3.05, 3.63) is 19.2 Å². The first kappa shape index (κ1) is 14.8. The van der Waals surface area contributed by atoms with E-state index in [9.17, 15) is 9.59 Å². The van der Waals surface area contributed by atoms with Crippen LogP contribution < -0.4 is 0 Å². The molecule has 8 heteroatoms. The largest absolute Gasteiger partial charge is 0.453 e. The SMILES string of the molecule is COC(=O)N1CCN(C(=O)c2cc(Br)sc2Br)CC1. The molecule has 0 unspecified atom stereocenters. The molecule has 2 amide bonds. The van der Waals surface area contributed by atoms with Crippen LogP contribution in [0.5, 0.6) is 0 Å². The molecular formula is C11H12Br2N2O3S. The first-order chi connectivity index (χ1) is 9.02. The van der Waals surface area contributed by atoms with Gasteiger partial charge in [-0.1, -0.05) is 0 Å². The van der Waals surface area contributed by atoms with Gasteiger partial charge in [0.1, 0.15) is 0 Å².